The molecule has 1 fully saturated rings. The molecule has 3 rings (SSSR count). The van der Waals surface area contributed by atoms with E-state index in [9.17, 15) is 9.18 Å². The second-order valence-corrected chi connectivity index (χ2v) is 7.33. The number of hydrogen-bond donors (Lipinski definition) is 1. The van der Waals surface area contributed by atoms with Crippen LogP contribution < -0.4 is 10.1 Å². The molecule has 0 spiro atoms. The Morgan fingerprint density at radius 2 is 1.96 bits per heavy atom. The van der Waals surface area contributed by atoms with Crippen LogP contribution in [0.25, 0.3) is 0 Å². The molecular weight excluding hydrogens is 351 g/mol. The lowest BCUT2D eigenvalue weighted by atomic mass is 10.1. The molecule has 0 bridgehead atoms. The average molecular weight is 376 g/mol. The summed E-state index contributed by atoms with van der Waals surface area (Å²) in [7, 11) is 0. The molecule has 1 aliphatic rings. The first kappa shape index (κ1) is 18.9. The number of likely N-dealkylation sites (tertiary alicyclic amines) is 1. The molecule has 2 aromatic rings. The van der Waals surface area contributed by atoms with E-state index >= 15 is 0 Å². The largest absolute Gasteiger partial charge is 0.481 e. The third-order valence-electron chi connectivity index (χ3n) is 4.70. The van der Waals surface area contributed by atoms with Crippen LogP contribution in [0.1, 0.15) is 37.3 Å². The molecule has 1 aliphatic heterocycles. The fraction of sp³-hybridized carbons (Fsp3) is 0.450. The number of benzene rings is 1. The third-order valence-corrected chi connectivity index (χ3v) is 5.40. The number of ether oxygens (including phenoxy) is 1. The Balaban J connectivity index is 1.55. The number of nitrogens with one attached hydrogen (secondary N) is 1. The molecule has 140 valence electrons. The molecule has 0 aliphatic carbocycles. The van der Waals surface area contributed by atoms with Crippen LogP contribution >= 0.6 is 11.3 Å². The molecule has 1 amide bonds. The molecule has 4 nitrogen and oxygen atoms in total. The number of hydrogen-bond acceptors (Lipinski definition) is 4. The van der Waals surface area contributed by atoms with Crippen LogP contribution in [0, 0.1) is 5.82 Å². The predicted octanol–water partition coefficient (Wildman–Crippen LogP) is 4.00. The molecule has 1 N–H and O–H groups in total. The van der Waals surface area contributed by atoms with Gasteiger partial charge in [-0.1, -0.05) is 25.0 Å². The highest BCUT2D eigenvalue weighted by atomic mass is 32.1. The molecule has 0 unspecified atom stereocenters. The zero-order valence-corrected chi connectivity index (χ0v) is 15.6. The molecule has 26 heavy (non-hydrogen) atoms. The summed E-state index contributed by atoms with van der Waals surface area (Å²) in [4.78, 5) is 14.6. The second kappa shape index (κ2) is 9.69. The van der Waals surface area contributed by atoms with Gasteiger partial charge in [-0.25, -0.2) is 4.39 Å². The highest BCUT2D eigenvalue weighted by molar-refractivity contribution is 7.07. The Hall–Kier alpha value is -1.92. The summed E-state index contributed by atoms with van der Waals surface area (Å²) in [6.45, 7) is 2.47. The maximum atomic E-state index is 13.6. The highest BCUT2D eigenvalue weighted by Gasteiger charge is 2.22. The van der Waals surface area contributed by atoms with Gasteiger partial charge in [0.05, 0.1) is 6.04 Å². The number of para-hydroxylation sites is 1. The Morgan fingerprint density at radius 1 is 1.19 bits per heavy atom. The van der Waals surface area contributed by atoms with Crippen LogP contribution in [0.5, 0.6) is 5.75 Å². The molecule has 1 saturated heterocycles. The SMILES string of the molecule is O=C(COc1ccccc1F)NC[C@H](c1ccsc1)N1CCCCCC1. The van der Waals surface area contributed by atoms with Gasteiger partial charge in [0.25, 0.3) is 5.91 Å². The number of amides is 1. The molecule has 1 atom stereocenters. The summed E-state index contributed by atoms with van der Waals surface area (Å²) < 4.78 is 18.8. The van der Waals surface area contributed by atoms with Crippen LogP contribution in [-0.2, 0) is 4.79 Å². The first-order valence-electron chi connectivity index (χ1n) is 9.14. The van der Waals surface area contributed by atoms with E-state index in [1.807, 2.05) is 0 Å². The predicted molar refractivity (Wildman–Crippen MR) is 102 cm³/mol. The van der Waals surface area contributed by atoms with E-state index < -0.39 is 5.82 Å². The maximum absolute atomic E-state index is 13.6. The summed E-state index contributed by atoms with van der Waals surface area (Å²) in [5.41, 5.74) is 1.24. The topological polar surface area (TPSA) is 41.6 Å². The van der Waals surface area contributed by atoms with E-state index in [2.05, 4.69) is 27.0 Å². The third kappa shape index (κ3) is 5.29. The lowest BCUT2D eigenvalue weighted by molar-refractivity contribution is -0.123. The van der Waals surface area contributed by atoms with E-state index in [0.717, 1.165) is 13.1 Å². The minimum atomic E-state index is -0.457. The first-order chi connectivity index (χ1) is 12.7. The molecule has 0 saturated carbocycles. The molecule has 1 aromatic carbocycles. The van der Waals surface area contributed by atoms with Gasteiger partial charge in [0, 0.05) is 6.54 Å². The van der Waals surface area contributed by atoms with Gasteiger partial charge in [-0.2, -0.15) is 11.3 Å². The summed E-state index contributed by atoms with van der Waals surface area (Å²) in [6.07, 6.45) is 4.95. The minimum absolute atomic E-state index is 0.101. The lowest BCUT2D eigenvalue weighted by Gasteiger charge is -2.30. The Morgan fingerprint density at radius 3 is 2.65 bits per heavy atom. The maximum Gasteiger partial charge on any atom is 0.258 e. The van der Waals surface area contributed by atoms with Crippen molar-refractivity contribution in [1.29, 1.82) is 0 Å². The fourth-order valence-corrected chi connectivity index (χ4v) is 4.00. The Kier molecular flexibility index (Phi) is 7.03. The molecular formula is C20H25FN2O2S. The van der Waals surface area contributed by atoms with Crippen molar-refractivity contribution in [2.24, 2.45) is 0 Å². The number of carbonyl (C=O) groups is 1. The second-order valence-electron chi connectivity index (χ2n) is 6.55. The number of rotatable bonds is 7. The van der Waals surface area contributed by atoms with Gasteiger partial charge < -0.3 is 10.1 Å². The number of halogens is 1. The van der Waals surface area contributed by atoms with Crippen molar-refractivity contribution < 1.29 is 13.9 Å². The van der Waals surface area contributed by atoms with Gasteiger partial charge in [-0.15, -0.1) is 0 Å². The molecule has 1 aromatic heterocycles. The van der Waals surface area contributed by atoms with Gasteiger partial charge >= 0.3 is 0 Å². The average Bonchev–Trinajstić information content (AvgIpc) is 3.04. The van der Waals surface area contributed by atoms with Crippen molar-refractivity contribution in [3.8, 4) is 5.75 Å². The van der Waals surface area contributed by atoms with Crippen molar-refractivity contribution in [3.63, 3.8) is 0 Å². The van der Waals surface area contributed by atoms with Gasteiger partial charge in [0.1, 0.15) is 0 Å². The van der Waals surface area contributed by atoms with Crippen molar-refractivity contribution in [2.75, 3.05) is 26.2 Å². The van der Waals surface area contributed by atoms with E-state index in [1.165, 1.54) is 43.4 Å². The highest BCUT2D eigenvalue weighted by Crippen LogP contribution is 2.25. The zero-order chi connectivity index (χ0) is 18.2. The van der Waals surface area contributed by atoms with Gasteiger partial charge in [-0.05, 0) is 60.5 Å². The van der Waals surface area contributed by atoms with E-state index in [4.69, 9.17) is 4.74 Å². The van der Waals surface area contributed by atoms with Crippen LogP contribution in [0.3, 0.4) is 0 Å². The van der Waals surface area contributed by atoms with Crippen molar-refractivity contribution in [3.05, 3.63) is 52.5 Å². The van der Waals surface area contributed by atoms with Crippen molar-refractivity contribution in [2.45, 2.75) is 31.7 Å². The smallest absolute Gasteiger partial charge is 0.258 e. The number of nitrogens with zero attached hydrogens (tertiary/aromatic N) is 1. The summed E-state index contributed by atoms with van der Waals surface area (Å²) in [5, 5.41) is 7.18. The van der Waals surface area contributed by atoms with Gasteiger partial charge in [0.2, 0.25) is 0 Å². The van der Waals surface area contributed by atoms with E-state index in [0.29, 0.717) is 6.54 Å². The summed E-state index contributed by atoms with van der Waals surface area (Å²) >= 11 is 1.67. The molecule has 2 heterocycles. The lowest BCUT2D eigenvalue weighted by Crippen LogP contribution is -2.40. The fourth-order valence-electron chi connectivity index (χ4n) is 3.30. The number of thiophene rings is 1. The summed E-state index contributed by atoms with van der Waals surface area (Å²) in [6, 6.07) is 8.42. The molecule has 0 radical (unpaired) electrons. The summed E-state index contributed by atoms with van der Waals surface area (Å²) in [5.74, 6) is -0.589. The van der Waals surface area contributed by atoms with Crippen molar-refractivity contribution >= 4 is 17.2 Å². The molecule has 6 heteroatoms. The van der Waals surface area contributed by atoms with E-state index in [1.54, 1.807) is 23.5 Å². The van der Waals surface area contributed by atoms with Crippen LogP contribution in [-0.4, -0.2) is 37.0 Å². The van der Waals surface area contributed by atoms with Gasteiger partial charge in [-0.3, -0.25) is 9.69 Å². The van der Waals surface area contributed by atoms with Crippen LogP contribution in [0.4, 0.5) is 4.39 Å². The Bertz CT molecular complexity index is 685. The standard InChI is InChI=1S/C20H25FN2O2S/c21-17-7-3-4-8-19(17)25-14-20(24)22-13-18(16-9-12-26-15-16)23-10-5-1-2-6-11-23/h3-4,7-9,12,15,18H,1-2,5-6,10-11,13-14H2,(H,22,24)/t18-/m1/s1. The van der Waals surface area contributed by atoms with E-state index in [-0.39, 0.29) is 24.3 Å². The normalized spacial score (nSPS) is 16.7. The number of carbonyl (C=O) groups excluding carboxylic acids is 1. The first-order valence-corrected chi connectivity index (χ1v) is 10.1. The van der Waals surface area contributed by atoms with Crippen molar-refractivity contribution in [1.82, 2.24) is 10.2 Å². The Labute approximate surface area is 158 Å². The quantitative estimate of drug-likeness (QED) is 0.794. The minimum Gasteiger partial charge on any atom is -0.481 e. The zero-order valence-electron chi connectivity index (χ0n) is 14.8. The van der Waals surface area contributed by atoms with Gasteiger partial charge in [0.15, 0.2) is 18.2 Å². The van der Waals surface area contributed by atoms with Crippen LogP contribution in [0.2, 0.25) is 0 Å². The van der Waals surface area contributed by atoms with Crippen LogP contribution in [0.15, 0.2) is 41.1 Å². The monoisotopic (exact) mass is 376 g/mol.